The summed E-state index contributed by atoms with van der Waals surface area (Å²) < 4.78 is 10.6. The molecule has 3 nitrogen and oxygen atoms in total. The van der Waals surface area contributed by atoms with Crippen molar-refractivity contribution in [3.63, 3.8) is 0 Å². The Labute approximate surface area is 108 Å². The highest BCUT2D eigenvalue weighted by atomic mass is 16.5. The maximum atomic E-state index is 6.64. The molecule has 2 saturated carbocycles. The third-order valence-corrected chi connectivity index (χ3v) is 4.77. The van der Waals surface area contributed by atoms with Crippen LogP contribution in [0, 0.1) is 11.8 Å². The minimum absolute atomic E-state index is 0.115. The van der Waals surface area contributed by atoms with Crippen LogP contribution in [0.2, 0.25) is 0 Å². The molecule has 0 spiro atoms. The molecule has 2 unspecified atom stereocenters. The summed E-state index contributed by atoms with van der Waals surface area (Å²) >= 11 is 0. The second-order valence-electron chi connectivity index (χ2n) is 5.50. The molecule has 0 aliphatic heterocycles. The fourth-order valence-electron chi connectivity index (χ4n) is 3.71. The van der Waals surface area contributed by atoms with Crippen LogP contribution in [-0.4, -0.2) is 14.2 Å². The molecule has 1 aromatic rings. The minimum Gasteiger partial charge on any atom is -0.493 e. The molecule has 18 heavy (non-hydrogen) atoms. The van der Waals surface area contributed by atoms with Crippen molar-refractivity contribution in [2.24, 2.45) is 17.6 Å². The lowest BCUT2D eigenvalue weighted by molar-refractivity contribution is 0.354. The monoisotopic (exact) mass is 247 g/mol. The van der Waals surface area contributed by atoms with Gasteiger partial charge in [0.25, 0.3) is 0 Å². The number of nitrogens with two attached hydrogens (primary N) is 1. The molecule has 2 fully saturated rings. The largest absolute Gasteiger partial charge is 0.493 e. The van der Waals surface area contributed by atoms with Gasteiger partial charge in [0.15, 0.2) is 11.5 Å². The van der Waals surface area contributed by atoms with Gasteiger partial charge in [-0.2, -0.15) is 0 Å². The summed E-state index contributed by atoms with van der Waals surface area (Å²) in [6, 6.07) is 6.12. The van der Waals surface area contributed by atoms with Crippen LogP contribution in [-0.2, 0) is 5.54 Å². The predicted octanol–water partition coefficient (Wildman–Crippen LogP) is 2.68. The zero-order valence-electron chi connectivity index (χ0n) is 11.1. The van der Waals surface area contributed by atoms with E-state index in [0.717, 1.165) is 11.5 Å². The van der Waals surface area contributed by atoms with Gasteiger partial charge in [0, 0.05) is 5.54 Å². The fraction of sp³-hybridized carbons (Fsp3) is 0.600. The van der Waals surface area contributed by atoms with Gasteiger partial charge in [0.2, 0.25) is 0 Å². The van der Waals surface area contributed by atoms with Gasteiger partial charge < -0.3 is 15.2 Å². The van der Waals surface area contributed by atoms with E-state index in [9.17, 15) is 0 Å². The Kier molecular flexibility index (Phi) is 2.74. The topological polar surface area (TPSA) is 44.5 Å². The molecule has 2 aliphatic rings. The van der Waals surface area contributed by atoms with Crippen molar-refractivity contribution in [2.75, 3.05) is 14.2 Å². The van der Waals surface area contributed by atoms with Crippen molar-refractivity contribution in [3.05, 3.63) is 23.8 Å². The van der Waals surface area contributed by atoms with E-state index < -0.39 is 0 Å². The van der Waals surface area contributed by atoms with E-state index in [1.807, 2.05) is 6.07 Å². The number of rotatable bonds is 3. The predicted molar refractivity (Wildman–Crippen MR) is 70.9 cm³/mol. The van der Waals surface area contributed by atoms with Gasteiger partial charge in [-0.15, -0.1) is 0 Å². The molecular weight excluding hydrogens is 226 g/mol. The van der Waals surface area contributed by atoms with Crippen molar-refractivity contribution >= 4 is 0 Å². The van der Waals surface area contributed by atoms with E-state index in [0.29, 0.717) is 11.8 Å². The lowest BCUT2D eigenvalue weighted by atomic mass is 10.0. The van der Waals surface area contributed by atoms with Gasteiger partial charge in [-0.1, -0.05) is 18.9 Å². The molecule has 2 atom stereocenters. The Morgan fingerprint density at radius 1 is 1.06 bits per heavy atom. The number of fused-ring (bicyclic) bond motifs is 1. The van der Waals surface area contributed by atoms with Crippen LogP contribution in [0.4, 0.5) is 0 Å². The average Bonchev–Trinajstić information content (AvgIpc) is 3.05. The molecule has 0 heterocycles. The Balaban J connectivity index is 1.93. The average molecular weight is 247 g/mol. The van der Waals surface area contributed by atoms with E-state index in [-0.39, 0.29) is 5.54 Å². The minimum atomic E-state index is -0.115. The number of methoxy groups -OCH3 is 2. The van der Waals surface area contributed by atoms with E-state index in [2.05, 4.69) is 12.1 Å². The Bertz CT molecular complexity index is 446. The highest BCUT2D eigenvalue weighted by molar-refractivity contribution is 5.47. The van der Waals surface area contributed by atoms with E-state index in [1.165, 1.54) is 31.2 Å². The lowest BCUT2D eigenvalue weighted by Crippen LogP contribution is -2.23. The van der Waals surface area contributed by atoms with Crippen molar-refractivity contribution in [2.45, 2.75) is 31.2 Å². The SMILES string of the molecule is COc1ccc(C2(N)C3CCCCC32)cc1OC. The van der Waals surface area contributed by atoms with Crippen LogP contribution in [0.1, 0.15) is 31.2 Å². The maximum Gasteiger partial charge on any atom is 0.161 e. The lowest BCUT2D eigenvalue weighted by Gasteiger charge is -2.15. The number of hydrogen-bond donors (Lipinski definition) is 1. The number of benzene rings is 1. The molecule has 3 heteroatoms. The molecule has 0 amide bonds. The third-order valence-electron chi connectivity index (χ3n) is 4.77. The molecule has 1 aromatic carbocycles. The van der Waals surface area contributed by atoms with Gasteiger partial charge in [-0.3, -0.25) is 0 Å². The summed E-state index contributed by atoms with van der Waals surface area (Å²) in [6.45, 7) is 0. The highest BCUT2D eigenvalue weighted by Crippen LogP contribution is 2.63. The first-order valence-electron chi connectivity index (χ1n) is 6.73. The Morgan fingerprint density at radius 2 is 1.67 bits per heavy atom. The molecular formula is C15H21NO2. The zero-order valence-corrected chi connectivity index (χ0v) is 11.1. The standard InChI is InChI=1S/C15H21NO2/c1-17-13-8-7-10(9-14(13)18-2)15(16)11-5-3-4-6-12(11)15/h7-9,11-12H,3-6,16H2,1-2H3. The Morgan fingerprint density at radius 3 is 2.22 bits per heavy atom. The van der Waals surface area contributed by atoms with Crippen LogP contribution >= 0.6 is 0 Å². The van der Waals surface area contributed by atoms with Gasteiger partial charge in [-0.05, 0) is 42.4 Å². The first-order valence-corrected chi connectivity index (χ1v) is 6.73. The molecule has 3 rings (SSSR count). The first kappa shape index (κ1) is 11.8. The van der Waals surface area contributed by atoms with Gasteiger partial charge in [0.1, 0.15) is 0 Å². The van der Waals surface area contributed by atoms with Crippen LogP contribution in [0.15, 0.2) is 18.2 Å². The smallest absolute Gasteiger partial charge is 0.161 e. The molecule has 0 bridgehead atoms. The zero-order chi connectivity index (χ0) is 12.8. The summed E-state index contributed by atoms with van der Waals surface area (Å²) in [5.41, 5.74) is 7.73. The summed E-state index contributed by atoms with van der Waals surface area (Å²) in [5.74, 6) is 2.89. The summed E-state index contributed by atoms with van der Waals surface area (Å²) in [4.78, 5) is 0. The molecule has 2 N–H and O–H groups in total. The van der Waals surface area contributed by atoms with Crippen molar-refractivity contribution in [3.8, 4) is 11.5 Å². The van der Waals surface area contributed by atoms with Crippen LogP contribution in [0.3, 0.4) is 0 Å². The van der Waals surface area contributed by atoms with Crippen molar-refractivity contribution < 1.29 is 9.47 Å². The second-order valence-corrected chi connectivity index (χ2v) is 5.50. The fourth-order valence-corrected chi connectivity index (χ4v) is 3.71. The van der Waals surface area contributed by atoms with Crippen molar-refractivity contribution in [1.29, 1.82) is 0 Å². The summed E-state index contributed by atoms with van der Waals surface area (Å²) in [5, 5.41) is 0. The summed E-state index contributed by atoms with van der Waals surface area (Å²) in [6.07, 6.45) is 5.20. The number of hydrogen-bond acceptors (Lipinski definition) is 3. The molecule has 0 aromatic heterocycles. The van der Waals surface area contributed by atoms with Crippen LogP contribution in [0.25, 0.3) is 0 Å². The maximum absolute atomic E-state index is 6.64. The Hall–Kier alpha value is -1.22. The van der Waals surface area contributed by atoms with E-state index >= 15 is 0 Å². The molecule has 98 valence electrons. The number of ether oxygens (including phenoxy) is 2. The normalized spacial score (nSPS) is 33.7. The van der Waals surface area contributed by atoms with Gasteiger partial charge >= 0.3 is 0 Å². The van der Waals surface area contributed by atoms with E-state index in [1.54, 1.807) is 14.2 Å². The second kappa shape index (κ2) is 4.16. The van der Waals surface area contributed by atoms with Crippen molar-refractivity contribution in [1.82, 2.24) is 0 Å². The molecule has 0 saturated heterocycles. The third kappa shape index (κ3) is 1.53. The van der Waals surface area contributed by atoms with Gasteiger partial charge in [0.05, 0.1) is 14.2 Å². The van der Waals surface area contributed by atoms with E-state index in [4.69, 9.17) is 15.2 Å². The van der Waals surface area contributed by atoms with Crippen LogP contribution < -0.4 is 15.2 Å². The quantitative estimate of drug-likeness (QED) is 0.893. The van der Waals surface area contributed by atoms with Gasteiger partial charge in [-0.25, -0.2) is 0 Å². The highest BCUT2D eigenvalue weighted by Gasteiger charge is 2.62. The molecule has 0 radical (unpaired) electrons. The summed E-state index contributed by atoms with van der Waals surface area (Å²) in [7, 11) is 3.33. The van der Waals surface area contributed by atoms with Crippen LogP contribution in [0.5, 0.6) is 11.5 Å². The first-order chi connectivity index (χ1) is 8.71. The molecule has 2 aliphatic carbocycles.